The number of nitrogens with one attached hydrogen (secondary N) is 1. The molecule has 1 aliphatic heterocycles. The summed E-state index contributed by atoms with van der Waals surface area (Å²) in [4.78, 5) is 30.8. The van der Waals surface area contributed by atoms with Crippen LogP contribution in [0.25, 0.3) is 0 Å². The van der Waals surface area contributed by atoms with Crippen LogP contribution >= 0.6 is 12.4 Å². The van der Waals surface area contributed by atoms with Crippen LogP contribution in [-0.2, 0) is 14.1 Å². The molecule has 7 nitrogen and oxygen atoms in total. The molecule has 1 amide bonds. The van der Waals surface area contributed by atoms with E-state index in [-0.39, 0.29) is 30.1 Å². The number of rotatable bonds is 3. The number of Topliss-reactive ketones (excluding diaryl/α,β-unsaturated/α-hetero) is 1. The third-order valence-electron chi connectivity index (χ3n) is 4.29. The fourth-order valence-electron chi connectivity index (χ4n) is 2.99. The number of amides is 1. The van der Waals surface area contributed by atoms with Crippen molar-refractivity contribution in [3.05, 3.63) is 41.7 Å². The molecule has 3 rings (SSSR count). The van der Waals surface area contributed by atoms with Gasteiger partial charge in [0.25, 0.3) is 5.91 Å². The van der Waals surface area contributed by atoms with Crippen molar-refractivity contribution < 1.29 is 9.59 Å². The van der Waals surface area contributed by atoms with E-state index in [1.807, 2.05) is 22.7 Å². The summed E-state index contributed by atoms with van der Waals surface area (Å²) >= 11 is 0. The maximum atomic E-state index is 13.0. The highest BCUT2D eigenvalue weighted by molar-refractivity contribution is 5.99. The minimum absolute atomic E-state index is 0. The molecular weight excluding hydrogens is 330 g/mol. The van der Waals surface area contributed by atoms with Crippen LogP contribution in [-0.4, -0.2) is 50.3 Å². The maximum Gasteiger partial charge on any atom is 0.271 e. The first-order valence-corrected chi connectivity index (χ1v) is 7.65. The largest absolute Gasteiger partial charge is 0.346 e. The summed E-state index contributed by atoms with van der Waals surface area (Å²) in [5.41, 5.74) is 1.08. The summed E-state index contributed by atoms with van der Waals surface area (Å²) in [6.07, 6.45) is 5.32. The van der Waals surface area contributed by atoms with Gasteiger partial charge < -0.3 is 19.4 Å². The number of ketones is 1. The lowest BCUT2D eigenvalue weighted by Gasteiger charge is -2.35. The zero-order valence-corrected chi connectivity index (χ0v) is 14.8. The van der Waals surface area contributed by atoms with E-state index in [1.165, 1.54) is 6.92 Å². The van der Waals surface area contributed by atoms with E-state index < -0.39 is 0 Å². The Hall–Kier alpha value is -2.12. The van der Waals surface area contributed by atoms with E-state index in [1.54, 1.807) is 30.1 Å². The Morgan fingerprint density at radius 2 is 2.04 bits per heavy atom. The van der Waals surface area contributed by atoms with Crippen LogP contribution in [0, 0.1) is 0 Å². The third-order valence-corrected chi connectivity index (χ3v) is 4.29. The van der Waals surface area contributed by atoms with Crippen molar-refractivity contribution in [1.29, 1.82) is 0 Å². The second kappa shape index (κ2) is 7.19. The van der Waals surface area contributed by atoms with Gasteiger partial charge in [0.05, 0.1) is 0 Å². The summed E-state index contributed by atoms with van der Waals surface area (Å²) in [6.45, 7) is 3.53. The van der Waals surface area contributed by atoms with Crippen LogP contribution in [0.2, 0.25) is 0 Å². The van der Waals surface area contributed by atoms with Gasteiger partial charge in [-0.2, -0.15) is 0 Å². The molecule has 1 atom stereocenters. The average Bonchev–Trinajstić information content (AvgIpc) is 3.12. The monoisotopic (exact) mass is 351 g/mol. The van der Waals surface area contributed by atoms with Crippen LogP contribution in [0.1, 0.15) is 39.6 Å². The number of aryl methyl sites for hydroxylation is 2. The van der Waals surface area contributed by atoms with Gasteiger partial charge in [-0.25, -0.2) is 4.98 Å². The molecule has 130 valence electrons. The Morgan fingerprint density at radius 1 is 1.29 bits per heavy atom. The van der Waals surface area contributed by atoms with Gasteiger partial charge in [-0.3, -0.25) is 9.59 Å². The lowest BCUT2D eigenvalue weighted by Crippen LogP contribution is -2.49. The molecule has 0 bridgehead atoms. The predicted octanol–water partition coefficient (Wildman–Crippen LogP) is 1.17. The Morgan fingerprint density at radius 3 is 2.62 bits per heavy atom. The van der Waals surface area contributed by atoms with Crippen molar-refractivity contribution in [3.63, 3.8) is 0 Å². The highest BCUT2D eigenvalue weighted by Crippen LogP contribution is 2.23. The minimum Gasteiger partial charge on any atom is -0.346 e. The van der Waals surface area contributed by atoms with E-state index >= 15 is 0 Å². The van der Waals surface area contributed by atoms with E-state index in [0.717, 1.165) is 12.4 Å². The van der Waals surface area contributed by atoms with Gasteiger partial charge in [0.2, 0.25) is 0 Å². The third kappa shape index (κ3) is 3.22. The molecule has 0 radical (unpaired) electrons. The fourth-order valence-corrected chi connectivity index (χ4v) is 2.99. The first-order chi connectivity index (χ1) is 11.0. The van der Waals surface area contributed by atoms with Gasteiger partial charge in [-0.15, -0.1) is 12.4 Å². The number of carbonyl (C=O) groups is 2. The Kier molecular flexibility index (Phi) is 5.46. The average molecular weight is 352 g/mol. The molecule has 0 aromatic carbocycles. The Bertz CT molecular complexity index is 751. The predicted molar refractivity (Wildman–Crippen MR) is 92.5 cm³/mol. The molecule has 3 heterocycles. The molecular formula is C16H22ClN5O2. The van der Waals surface area contributed by atoms with E-state index in [2.05, 4.69) is 10.3 Å². The summed E-state index contributed by atoms with van der Waals surface area (Å²) in [7, 11) is 3.72. The van der Waals surface area contributed by atoms with Gasteiger partial charge in [0.15, 0.2) is 5.78 Å². The Balaban J connectivity index is 0.00000208. The first kappa shape index (κ1) is 18.2. The van der Waals surface area contributed by atoms with Gasteiger partial charge in [-0.1, -0.05) is 0 Å². The fraction of sp³-hybridized carbons (Fsp3) is 0.438. The standard InChI is InChI=1S/C16H21N5O2.ClH/c1-11(22)12-8-13(20(3)10-12)16(23)21-7-4-17-9-14(21)15-18-5-6-19(15)2;/h5-6,8,10,14,17H,4,7,9H2,1-3H3;1H. The van der Waals surface area contributed by atoms with Crippen molar-refractivity contribution >= 4 is 24.1 Å². The number of piperazine rings is 1. The number of imidazole rings is 1. The van der Waals surface area contributed by atoms with Crippen LogP contribution < -0.4 is 5.32 Å². The van der Waals surface area contributed by atoms with Crippen molar-refractivity contribution in [2.75, 3.05) is 19.6 Å². The highest BCUT2D eigenvalue weighted by Gasteiger charge is 2.32. The van der Waals surface area contributed by atoms with Gasteiger partial charge in [0.1, 0.15) is 17.6 Å². The number of hydrogen-bond donors (Lipinski definition) is 1. The number of nitrogens with zero attached hydrogens (tertiary/aromatic N) is 4. The first-order valence-electron chi connectivity index (χ1n) is 7.65. The SMILES string of the molecule is CC(=O)c1cc(C(=O)N2CCNCC2c2nccn2C)n(C)c1.Cl. The lowest BCUT2D eigenvalue weighted by molar-refractivity contribution is 0.0611. The second-order valence-corrected chi connectivity index (χ2v) is 5.90. The molecule has 1 aliphatic rings. The quantitative estimate of drug-likeness (QED) is 0.843. The summed E-state index contributed by atoms with van der Waals surface area (Å²) < 4.78 is 3.65. The summed E-state index contributed by atoms with van der Waals surface area (Å²) in [6, 6.07) is 1.55. The van der Waals surface area contributed by atoms with Crippen LogP contribution in [0.15, 0.2) is 24.7 Å². The molecule has 1 N–H and O–H groups in total. The smallest absolute Gasteiger partial charge is 0.271 e. The summed E-state index contributed by atoms with van der Waals surface area (Å²) in [5.74, 6) is 0.738. The number of halogens is 1. The van der Waals surface area contributed by atoms with Crippen molar-refractivity contribution in [2.45, 2.75) is 13.0 Å². The molecule has 2 aromatic heterocycles. The topological polar surface area (TPSA) is 72.2 Å². The molecule has 0 spiro atoms. The molecule has 1 saturated heterocycles. The van der Waals surface area contributed by atoms with E-state index in [4.69, 9.17) is 0 Å². The molecule has 2 aromatic rings. The number of hydrogen-bond acceptors (Lipinski definition) is 4. The highest BCUT2D eigenvalue weighted by atomic mass is 35.5. The molecule has 0 saturated carbocycles. The molecule has 0 aliphatic carbocycles. The zero-order chi connectivity index (χ0) is 16.6. The van der Waals surface area contributed by atoms with Crippen LogP contribution in [0.5, 0.6) is 0 Å². The zero-order valence-electron chi connectivity index (χ0n) is 14.0. The second-order valence-electron chi connectivity index (χ2n) is 5.90. The summed E-state index contributed by atoms with van der Waals surface area (Å²) in [5, 5.41) is 3.32. The van der Waals surface area contributed by atoms with Gasteiger partial charge >= 0.3 is 0 Å². The minimum atomic E-state index is -0.119. The van der Waals surface area contributed by atoms with Crippen LogP contribution in [0.4, 0.5) is 0 Å². The van der Waals surface area contributed by atoms with Gasteiger partial charge in [0, 0.05) is 57.9 Å². The van der Waals surface area contributed by atoms with Crippen molar-refractivity contribution in [3.8, 4) is 0 Å². The Labute approximate surface area is 147 Å². The van der Waals surface area contributed by atoms with Crippen LogP contribution in [0.3, 0.4) is 0 Å². The lowest BCUT2D eigenvalue weighted by atomic mass is 10.1. The maximum absolute atomic E-state index is 13.0. The molecule has 8 heteroatoms. The molecule has 1 fully saturated rings. The molecule has 1 unspecified atom stereocenters. The number of carbonyl (C=O) groups excluding carboxylic acids is 2. The van der Waals surface area contributed by atoms with Crippen molar-refractivity contribution in [1.82, 2.24) is 24.3 Å². The normalized spacial score (nSPS) is 17.5. The number of aromatic nitrogens is 3. The van der Waals surface area contributed by atoms with E-state index in [9.17, 15) is 9.59 Å². The molecule has 24 heavy (non-hydrogen) atoms. The van der Waals surface area contributed by atoms with E-state index in [0.29, 0.717) is 24.3 Å². The van der Waals surface area contributed by atoms with Crippen molar-refractivity contribution in [2.24, 2.45) is 14.1 Å². The van der Waals surface area contributed by atoms with Gasteiger partial charge in [-0.05, 0) is 13.0 Å².